The molecule has 1 fully saturated rings. The van der Waals surface area contributed by atoms with Crippen LogP contribution in [0.25, 0.3) is 0 Å². The topological polar surface area (TPSA) is 3.24 Å². The van der Waals surface area contributed by atoms with Gasteiger partial charge in [0.05, 0.1) is 0 Å². The molecule has 0 aliphatic heterocycles. The Balaban J connectivity index is 1.50. The lowest BCUT2D eigenvalue weighted by Crippen LogP contribution is -2.31. The first-order valence-electron chi connectivity index (χ1n) is 10.6. The fraction of sp³-hybridized carbons (Fsp3) is 0.520. The zero-order chi connectivity index (χ0) is 19.1. The van der Waals surface area contributed by atoms with Crippen molar-refractivity contribution in [3.05, 3.63) is 71.3 Å². The second-order valence-electron chi connectivity index (χ2n) is 8.30. The van der Waals surface area contributed by atoms with Crippen molar-refractivity contribution in [3.63, 3.8) is 0 Å². The SMILES string of the molecule is CC(C)N(CCCc1ccc(C2CCCCC2Br)cc1)Cc1ccccc1. The molecular formula is C25H34BrN. The first-order chi connectivity index (χ1) is 13.1. The molecule has 1 saturated carbocycles. The molecular weight excluding hydrogens is 394 g/mol. The van der Waals surface area contributed by atoms with E-state index in [9.17, 15) is 0 Å². The van der Waals surface area contributed by atoms with Crippen molar-refractivity contribution in [3.8, 4) is 0 Å². The number of halogens is 1. The summed E-state index contributed by atoms with van der Waals surface area (Å²) in [6, 6.07) is 20.9. The summed E-state index contributed by atoms with van der Waals surface area (Å²) in [6.07, 6.45) is 7.79. The van der Waals surface area contributed by atoms with E-state index < -0.39 is 0 Å². The Morgan fingerprint density at radius 3 is 2.30 bits per heavy atom. The Labute approximate surface area is 174 Å². The molecule has 2 aromatic rings. The van der Waals surface area contributed by atoms with E-state index in [4.69, 9.17) is 0 Å². The van der Waals surface area contributed by atoms with Gasteiger partial charge in [-0.3, -0.25) is 4.90 Å². The molecule has 0 aromatic heterocycles. The molecule has 1 aliphatic rings. The Bertz CT molecular complexity index is 664. The van der Waals surface area contributed by atoms with Crippen molar-refractivity contribution < 1.29 is 0 Å². The summed E-state index contributed by atoms with van der Waals surface area (Å²) in [4.78, 5) is 3.25. The fourth-order valence-electron chi connectivity index (χ4n) is 4.22. The highest BCUT2D eigenvalue weighted by atomic mass is 79.9. The second kappa shape index (κ2) is 10.4. The molecule has 146 valence electrons. The third-order valence-corrected chi connectivity index (χ3v) is 7.06. The van der Waals surface area contributed by atoms with Gasteiger partial charge < -0.3 is 0 Å². The number of rotatable bonds is 8. The van der Waals surface area contributed by atoms with Gasteiger partial charge in [0.25, 0.3) is 0 Å². The average molecular weight is 428 g/mol. The fourth-order valence-corrected chi connectivity index (χ4v) is 5.11. The zero-order valence-corrected chi connectivity index (χ0v) is 18.5. The van der Waals surface area contributed by atoms with E-state index in [-0.39, 0.29) is 0 Å². The minimum Gasteiger partial charge on any atom is -0.297 e. The van der Waals surface area contributed by atoms with Gasteiger partial charge in [0.2, 0.25) is 0 Å². The molecule has 2 aromatic carbocycles. The molecule has 2 heteroatoms. The summed E-state index contributed by atoms with van der Waals surface area (Å²) in [6.45, 7) is 6.81. The maximum absolute atomic E-state index is 3.90. The predicted octanol–water partition coefficient (Wildman–Crippen LogP) is 6.95. The van der Waals surface area contributed by atoms with E-state index >= 15 is 0 Å². The highest BCUT2D eigenvalue weighted by molar-refractivity contribution is 9.09. The molecule has 27 heavy (non-hydrogen) atoms. The minimum absolute atomic E-state index is 0.578. The van der Waals surface area contributed by atoms with Crippen molar-refractivity contribution in [1.82, 2.24) is 4.90 Å². The molecule has 0 saturated heterocycles. The normalized spacial score (nSPS) is 20.3. The molecule has 0 spiro atoms. The van der Waals surface area contributed by atoms with E-state index in [1.807, 2.05) is 0 Å². The minimum atomic E-state index is 0.578. The molecule has 0 heterocycles. The second-order valence-corrected chi connectivity index (χ2v) is 9.48. The highest BCUT2D eigenvalue weighted by Crippen LogP contribution is 2.37. The molecule has 0 amide bonds. The monoisotopic (exact) mass is 427 g/mol. The lowest BCUT2D eigenvalue weighted by atomic mass is 9.83. The summed E-state index contributed by atoms with van der Waals surface area (Å²) in [5.41, 5.74) is 4.41. The zero-order valence-electron chi connectivity index (χ0n) is 16.9. The average Bonchev–Trinajstić information content (AvgIpc) is 2.69. The largest absolute Gasteiger partial charge is 0.297 e. The van der Waals surface area contributed by atoms with Gasteiger partial charge in [0.15, 0.2) is 0 Å². The summed E-state index contributed by atoms with van der Waals surface area (Å²) in [5.74, 6) is 0.704. The van der Waals surface area contributed by atoms with E-state index in [2.05, 4.69) is 89.3 Å². The van der Waals surface area contributed by atoms with Crippen molar-refractivity contribution in [2.45, 2.75) is 75.7 Å². The Kier molecular flexibility index (Phi) is 7.96. The van der Waals surface area contributed by atoms with Gasteiger partial charge in [-0.25, -0.2) is 0 Å². The molecule has 0 radical (unpaired) electrons. The van der Waals surface area contributed by atoms with Crippen LogP contribution in [0.5, 0.6) is 0 Å². The Hall–Kier alpha value is -1.12. The summed E-state index contributed by atoms with van der Waals surface area (Å²) in [7, 11) is 0. The van der Waals surface area contributed by atoms with E-state index in [1.54, 1.807) is 0 Å². The number of hydrogen-bond donors (Lipinski definition) is 0. The van der Waals surface area contributed by atoms with Gasteiger partial charge in [-0.15, -0.1) is 0 Å². The Morgan fingerprint density at radius 2 is 1.63 bits per heavy atom. The van der Waals surface area contributed by atoms with Crippen LogP contribution in [-0.4, -0.2) is 22.3 Å². The van der Waals surface area contributed by atoms with E-state index in [0.29, 0.717) is 16.8 Å². The molecule has 1 aliphatic carbocycles. The Morgan fingerprint density at radius 1 is 0.926 bits per heavy atom. The lowest BCUT2D eigenvalue weighted by molar-refractivity contribution is 0.210. The van der Waals surface area contributed by atoms with Crippen molar-refractivity contribution in [2.24, 2.45) is 0 Å². The van der Waals surface area contributed by atoms with Gasteiger partial charge in [-0.05, 0) is 68.7 Å². The molecule has 3 rings (SSSR count). The first-order valence-corrected chi connectivity index (χ1v) is 11.6. The smallest absolute Gasteiger partial charge is 0.0236 e. The lowest BCUT2D eigenvalue weighted by Gasteiger charge is -2.28. The number of alkyl halides is 1. The van der Waals surface area contributed by atoms with Crippen LogP contribution >= 0.6 is 15.9 Å². The molecule has 0 N–H and O–H groups in total. The maximum atomic E-state index is 3.90. The summed E-state index contributed by atoms with van der Waals surface area (Å²) in [5, 5.41) is 0. The highest BCUT2D eigenvalue weighted by Gasteiger charge is 2.23. The standard InChI is InChI=1S/C25H34BrN/c1-20(2)27(19-22-9-4-3-5-10-22)18-8-11-21-14-16-23(17-15-21)24-12-6-7-13-25(24)26/h3-5,9-10,14-17,20,24-25H,6-8,11-13,18-19H2,1-2H3. The van der Waals surface area contributed by atoms with Gasteiger partial charge in [0, 0.05) is 17.4 Å². The quantitative estimate of drug-likeness (QED) is 0.411. The number of hydrogen-bond acceptors (Lipinski definition) is 1. The third-order valence-electron chi connectivity index (χ3n) is 5.96. The van der Waals surface area contributed by atoms with Gasteiger partial charge >= 0.3 is 0 Å². The van der Waals surface area contributed by atoms with Crippen LogP contribution in [-0.2, 0) is 13.0 Å². The molecule has 1 nitrogen and oxygen atoms in total. The van der Waals surface area contributed by atoms with Crippen molar-refractivity contribution >= 4 is 15.9 Å². The third kappa shape index (κ3) is 6.19. The summed E-state index contributed by atoms with van der Waals surface area (Å²) < 4.78 is 0. The molecule has 2 unspecified atom stereocenters. The van der Waals surface area contributed by atoms with Crippen molar-refractivity contribution in [1.29, 1.82) is 0 Å². The van der Waals surface area contributed by atoms with Crippen LogP contribution in [0, 0.1) is 0 Å². The predicted molar refractivity (Wildman–Crippen MR) is 121 cm³/mol. The van der Waals surface area contributed by atoms with Gasteiger partial charge in [-0.2, -0.15) is 0 Å². The number of benzene rings is 2. The first kappa shape index (κ1) is 20.6. The van der Waals surface area contributed by atoms with Crippen LogP contribution in [0.1, 0.15) is 68.6 Å². The van der Waals surface area contributed by atoms with Crippen molar-refractivity contribution in [2.75, 3.05) is 6.54 Å². The van der Waals surface area contributed by atoms with E-state index in [0.717, 1.165) is 13.1 Å². The number of aryl methyl sites for hydroxylation is 1. The van der Waals surface area contributed by atoms with E-state index in [1.165, 1.54) is 55.2 Å². The molecule has 2 atom stereocenters. The van der Waals surface area contributed by atoms with Crippen LogP contribution in [0.4, 0.5) is 0 Å². The molecule has 0 bridgehead atoms. The van der Waals surface area contributed by atoms with Gasteiger partial charge in [-0.1, -0.05) is 83.4 Å². The van der Waals surface area contributed by atoms with Gasteiger partial charge in [0.1, 0.15) is 0 Å². The van der Waals surface area contributed by atoms with Crippen LogP contribution in [0.2, 0.25) is 0 Å². The summed E-state index contributed by atoms with van der Waals surface area (Å²) >= 11 is 3.90. The maximum Gasteiger partial charge on any atom is 0.0236 e. The van der Waals surface area contributed by atoms with Crippen LogP contribution in [0.3, 0.4) is 0 Å². The van der Waals surface area contributed by atoms with Crippen LogP contribution < -0.4 is 0 Å². The number of nitrogens with zero attached hydrogens (tertiary/aromatic N) is 1. The van der Waals surface area contributed by atoms with Crippen LogP contribution in [0.15, 0.2) is 54.6 Å².